The second-order valence-corrected chi connectivity index (χ2v) is 2.42. The van der Waals surface area contributed by atoms with Gasteiger partial charge in [0.1, 0.15) is 0 Å². The van der Waals surface area contributed by atoms with Crippen molar-refractivity contribution in [2.45, 2.75) is 27.7 Å². The van der Waals surface area contributed by atoms with E-state index >= 15 is 0 Å². The van der Waals surface area contributed by atoms with Crippen molar-refractivity contribution in [3.63, 3.8) is 0 Å². The molecule has 54 valence electrons. The molecule has 2 heteroatoms. The third-order valence-corrected chi connectivity index (χ3v) is 1.25. The normalized spacial score (nSPS) is 12.3. The molecule has 0 aromatic carbocycles. The molecule has 0 spiro atoms. The van der Waals surface area contributed by atoms with Crippen LogP contribution in [0, 0.1) is 5.92 Å². The van der Waals surface area contributed by atoms with Crippen LogP contribution in [-0.2, 0) is 0 Å². The summed E-state index contributed by atoms with van der Waals surface area (Å²) in [5.41, 5.74) is 4.08. The number of nitrogens with zero attached hydrogens (tertiary/aromatic N) is 1. The molecule has 9 heavy (non-hydrogen) atoms. The largest absolute Gasteiger partial charge is 0.310 e. The van der Waals surface area contributed by atoms with Crippen molar-refractivity contribution in [1.82, 2.24) is 5.43 Å². The molecule has 0 aromatic rings. The summed E-state index contributed by atoms with van der Waals surface area (Å²) in [5.74, 6) is 0.559. The second-order valence-electron chi connectivity index (χ2n) is 2.42. The van der Waals surface area contributed by atoms with E-state index in [0.29, 0.717) is 5.92 Å². The van der Waals surface area contributed by atoms with Crippen molar-refractivity contribution in [3.8, 4) is 0 Å². The van der Waals surface area contributed by atoms with Crippen LogP contribution in [-0.4, -0.2) is 12.3 Å². The molecule has 0 aliphatic heterocycles. The first kappa shape index (κ1) is 8.47. The molecule has 0 aliphatic rings. The Balaban J connectivity index is 3.55. The van der Waals surface area contributed by atoms with Gasteiger partial charge in [0.15, 0.2) is 0 Å². The Morgan fingerprint density at radius 1 is 1.56 bits per heavy atom. The lowest BCUT2D eigenvalue weighted by atomic mass is 10.1. The molecule has 0 radical (unpaired) electrons. The molecule has 0 saturated heterocycles. The average molecular weight is 128 g/mol. The summed E-state index contributed by atoms with van der Waals surface area (Å²) in [5, 5.41) is 4.11. The quantitative estimate of drug-likeness (QED) is 0.453. The summed E-state index contributed by atoms with van der Waals surface area (Å²) in [6.45, 7) is 9.25. The molecule has 0 amide bonds. The zero-order valence-electron chi connectivity index (χ0n) is 6.73. The van der Waals surface area contributed by atoms with Crippen LogP contribution in [0.25, 0.3) is 0 Å². The summed E-state index contributed by atoms with van der Waals surface area (Å²) >= 11 is 0. The highest BCUT2D eigenvalue weighted by Crippen LogP contribution is 1.93. The highest BCUT2D eigenvalue weighted by atomic mass is 15.3. The van der Waals surface area contributed by atoms with Gasteiger partial charge in [0.25, 0.3) is 0 Å². The summed E-state index contributed by atoms with van der Waals surface area (Å²) in [7, 11) is 0. The first-order chi connectivity index (χ1) is 4.18. The summed E-state index contributed by atoms with van der Waals surface area (Å²) < 4.78 is 0. The maximum Gasteiger partial charge on any atom is 0.0372 e. The minimum absolute atomic E-state index is 0.559. The number of hydrogen-bond donors (Lipinski definition) is 1. The monoisotopic (exact) mass is 128 g/mol. The van der Waals surface area contributed by atoms with Gasteiger partial charge in [0, 0.05) is 12.3 Å². The molecular weight excluding hydrogens is 112 g/mol. The van der Waals surface area contributed by atoms with Crippen molar-refractivity contribution in [2.75, 3.05) is 6.54 Å². The zero-order valence-corrected chi connectivity index (χ0v) is 6.73. The fourth-order valence-corrected chi connectivity index (χ4v) is 0.333. The van der Waals surface area contributed by atoms with Crippen molar-refractivity contribution in [2.24, 2.45) is 11.0 Å². The van der Waals surface area contributed by atoms with Gasteiger partial charge in [-0.1, -0.05) is 13.8 Å². The molecule has 2 nitrogen and oxygen atoms in total. The van der Waals surface area contributed by atoms with Gasteiger partial charge in [-0.25, -0.2) is 0 Å². The molecule has 0 fully saturated rings. The van der Waals surface area contributed by atoms with Crippen molar-refractivity contribution in [1.29, 1.82) is 0 Å². The van der Waals surface area contributed by atoms with E-state index in [4.69, 9.17) is 0 Å². The Hall–Kier alpha value is -0.530. The second kappa shape index (κ2) is 4.36. The summed E-state index contributed by atoms with van der Waals surface area (Å²) in [6.07, 6.45) is 0. The maximum absolute atomic E-state index is 4.11. The fourth-order valence-electron chi connectivity index (χ4n) is 0.333. The Bertz CT molecular complexity index is 95.1. The first-order valence-corrected chi connectivity index (χ1v) is 3.45. The first-order valence-electron chi connectivity index (χ1n) is 3.45. The van der Waals surface area contributed by atoms with Gasteiger partial charge >= 0.3 is 0 Å². The SMILES string of the molecule is CCN/N=C(/C)C(C)C. The van der Waals surface area contributed by atoms with Crippen LogP contribution in [0.4, 0.5) is 0 Å². The van der Waals surface area contributed by atoms with Crippen LogP contribution in [0.3, 0.4) is 0 Å². The lowest BCUT2D eigenvalue weighted by Crippen LogP contribution is -2.11. The number of nitrogens with one attached hydrogen (secondary N) is 1. The topological polar surface area (TPSA) is 24.4 Å². The lowest BCUT2D eigenvalue weighted by Gasteiger charge is -2.02. The van der Waals surface area contributed by atoms with Crippen LogP contribution in [0.15, 0.2) is 5.10 Å². The van der Waals surface area contributed by atoms with Gasteiger partial charge in [-0.05, 0) is 19.8 Å². The average Bonchev–Trinajstić information content (AvgIpc) is 1.82. The van der Waals surface area contributed by atoms with E-state index in [-0.39, 0.29) is 0 Å². The Morgan fingerprint density at radius 3 is 2.44 bits per heavy atom. The smallest absolute Gasteiger partial charge is 0.0372 e. The standard InChI is InChI=1S/C7H16N2/c1-5-8-9-7(4)6(2)3/h6,8H,5H2,1-4H3/b9-7-. The lowest BCUT2D eigenvalue weighted by molar-refractivity contribution is 0.756. The van der Waals surface area contributed by atoms with Crippen LogP contribution in [0.1, 0.15) is 27.7 Å². The van der Waals surface area contributed by atoms with Gasteiger partial charge < -0.3 is 5.43 Å². The van der Waals surface area contributed by atoms with Gasteiger partial charge in [-0.15, -0.1) is 0 Å². The number of hydrazone groups is 1. The van der Waals surface area contributed by atoms with Crippen LogP contribution in [0.2, 0.25) is 0 Å². The third kappa shape index (κ3) is 4.01. The van der Waals surface area contributed by atoms with Gasteiger partial charge in [-0.3, -0.25) is 0 Å². The van der Waals surface area contributed by atoms with E-state index < -0.39 is 0 Å². The highest BCUT2D eigenvalue weighted by molar-refractivity contribution is 5.83. The van der Waals surface area contributed by atoms with Gasteiger partial charge in [0.05, 0.1) is 0 Å². The van der Waals surface area contributed by atoms with Gasteiger partial charge in [-0.2, -0.15) is 5.10 Å². The van der Waals surface area contributed by atoms with Crippen LogP contribution in [0.5, 0.6) is 0 Å². The highest BCUT2D eigenvalue weighted by Gasteiger charge is 1.94. The van der Waals surface area contributed by atoms with E-state index in [1.165, 1.54) is 0 Å². The maximum atomic E-state index is 4.11. The Morgan fingerprint density at radius 2 is 2.11 bits per heavy atom. The fraction of sp³-hybridized carbons (Fsp3) is 0.857. The van der Waals surface area contributed by atoms with E-state index in [1.54, 1.807) is 0 Å². The van der Waals surface area contributed by atoms with Crippen molar-refractivity contribution >= 4 is 5.71 Å². The molecule has 1 N–H and O–H groups in total. The van der Waals surface area contributed by atoms with Gasteiger partial charge in [0.2, 0.25) is 0 Å². The molecule has 0 unspecified atom stereocenters. The Labute approximate surface area is 57.3 Å². The third-order valence-electron chi connectivity index (χ3n) is 1.25. The Kier molecular flexibility index (Phi) is 4.10. The molecule has 0 aromatic heterocycles. The predicted octanol–water partition coefficient (Wildman–Crippen LogP) is 1.63. The molecule has 0 heterocycles. The summed E-state index contributed by atoms with van der Waals surface area (Å²) in [4.78, 5) is 0. The van der Waals surface area contributed by atoms with E-state index in [2.05, 4.69) is 24.4 Å². The summed E-state index contributed by atoms with van der Waals surface area (Å²) in [6, 6.07) is 0. The minimum Gasteiger partial charge on any atom is -0.310 e. The predicted molar refractivity (Wildman–Crippen MR) is 41.6 cm³/mol. The molecule has 0 bridgehead atoms. The number of rotatable bonds is 3. The molecule has 0 rings (SSSR count). The minimum atomic E-state index is 0.559. The van der Waals surface area contributed by atoms with Crippen LogP contribution >= 0.6 is 0 Å². The van der Waals surface area contributed by atoms with E-state index in [9.17, 15) is 0 Å². The van der Waals surface area contributed by atoms with E-state index in [1.807, 2.05) is 13.8 Å². The zero-order chi connectivity index (χ0) is 7.28. The molecular formula is C7H16N2. The van der Waals surface area contributed by atoms with Crippen molar-refractivity contribution < 1.29 is 0 Å². The van der Waals surface area contributed by atoms with Crippen molar-refractivity contribution in [3.05, 3.63) is 0 Å². The molecule has 0 saturated carbocycles. The number of hydrogen-bond acceptors (Lipinski definition) is 2. The van der Waals surface area contributed by atoms with E-state index in [0.717, 1.165) is 12.3 Å². The molecule has 0 aliphatic carbocycles. The van der Waals surface area contributed by atoms with Crippen LogP contribution < -0.4 is 5.43 Å². The molecule has 0 atom stereocenters.